The minimum Gasteiger partial charge on any atom is -0.393 e. The Hall–Kier alpha value is -0.340. The molecular weight excluding hydrogens is 240 g/mol. The van der Waals surface area contributed by atoms with E-state index in [4.69, 9.17) is 0 Å². The highest BCUT2D eigenvalue weighted by Crippen LogP contribution is 2.41. The first-order valence-corrected chi connectivity index (χ1v) is 8.05. The van der Waals surface area contributed by atoms with Gasteiger partial charge in [-0.05, 0) is 60.8 Å². The molecule has 1 aliphatic carbocycles. The lowest BCUT2D eigenvalue weighted by Crippen LogP contribution is -2.34. The van der Waals surface area contributed by atoms with Gasteiger partial charge in [-0.3, -0.25) is 0 Å². The molecule has 0 amide bonds. The predicted molar refractivity (Wildman–Crippen MR) is 78.9 cm³/mol. The molecule has 1 nitrogen and oxygen atoms in total. The molecule has 1 N–H and O–H groups in total. The van der Waals surface area contributed by atoms with Crippen LogP contribution >= 0.6 is 11.3 Å². The number of aryl methyl sites for hydroxylation is 1. The van der Waals surface area contributed by atoms with Crippen molar-refractivity contribution in [3.05, 3.63) is 22.4 Å². The van der Waals surface area contributed by atoms with Crippen molar-refractivity contribution in [3.8, 4) is 0 Å². The number of thiophene rings is 1. The van der Waals surface area contributed by atoms with Crippen molar-refractivity contribution in [2.45, 2.75) is 59.0 Å². The summed E-state index contributed by atoms with van der Waals surface area (Å²) in [5.74, 6) is 1.28. The van der Waals surface area contributed by atoms with Crippen molar-refractivity contribution >= 4 is 11.3 Å². The van der Waals surface area contributed by atoms with Gasteiger partial charge in [-0.25, -0.2) is 0 Å². The first kappa shape index (κ1) is 14.1. The molecule has 0 saturated heterocycles. The third kappa shape index (κ3) is 3.58. The highest BCUT2D eigenvalue weighted by atomic mass is 32.1. The summed E-state index contributed by atoms with van der Waals surface area (Å²) in [6, 6.07) is 4.33. The monoisotopic (exact) mass is 266 g/mol. The molecular formula is C16H26OS. The van der Waals surface area contributed by atoms with E-state index in [0.717, 1.165) is 25.2 Å². The van der Waals surface area contributed by atoms with Crippen LogP contribution in [0.1, 0.15) is 51.3 Å². The molecule has 0 aliphatic heterocycles. The van der Waals surface area contributed by atoms with Gasteiger partial charge in [0.05, 0.1) is 6.10 Å². The predicted octanol–water partition coefficient (Wildman–Crippen LogP) is 4.50. The molecule has 102 valence electrons. The number of aliphatic hydroxyl groups excluding tert-OH is 1. The maximum atomic E-state index is 10.2. The van der Waals surface area contributed by atoms with E-state index in [0.29, 0.717) is 11.3 Å². The Kier molecular flexibility index (Phi) is 4.50. The van der Waals surface area contributed by atoms with E-state index in [9.17, 15) is 5.11 Å². The fourth-order valence-electron chi connectivity index (χ4n) is 3.13. The average molecular weight is 266 g/mol. The van der Waals surface area contributed by atoms with E-state index in [-0.39, 0.29) is 6.10 Å². The van der Waals surface area contributed by atoms with Gasteiger partial charge in [0.2, 0.25) is 0 Å². The Morgan fingerprint density at radius 3 is 2.72 bits per heavy atom. The van der Waals surface area contributed by atoms with E-state index in [1.165, 1.54) is 17.7 Å². The van der Waals surface area contributed by atoms with Crippen LogP contribution in [0.15, 0.2) is 17.5 Å². The smallest absolute Gasteiger partial charge is 0.0568 e. The number of rotatable bonds is 3. The van der Waals surface area contributed by atoms with Crippen molar-refractivity contribution in [3.63, 3.8) is 0 Å². The summed E-state index contributed by atoms with van der Waals surface area (Å²) in [6.45, 7) is 7.02. The highest BCUT2D eigenvalue weighted by Gasteiger charge is 2.34. The third-order valence-electron chi connectivity index (χ3n) is 4.51. The zero-order valence-electron chi connectivity index (χ0n) is 11.9. The molecule has 1 saturated carbocycles. The van der Waals surface area contributed by atoms with Crippen LogP contribution in [-0.2, 0) is 6.42 Å². The molecule has 1 heterocycles. The second-order valence-electron chi connectivity index (χ2n) is 6.82. The summed E-state index contributed by atoms with van der Waals surface area (Å²) in [6.07, 6.45) is 5.61. The highest BCUT2D eigenvalue weighted by molar-refractivity contribution is 7.09. The van der Waals surface area contributed by atoms with E-state index in [1.807, 2.05) is 11.3 Å². The van der Waals surface area contributed by atoms with Crippen LogP contribution in [-0.4, -0.2) is 11.2 Å². The Morgan fingerprint density at radius 1 is 1.33 bits per heavy atom. The Balaban J connectivity index is 1.89. The molecule has 3 unspecified atom stereocenters. The summed E-state index contributed by atoms with van der Waals surface area (Å²) in [5, 5.41) is 12.3. The second kappa shape index (κ2) is 5.75. The zero-order chi connectivity index (χ0) is 13.2. The molecule has 3 atom stereocenters. The molecule has 0 spiro atoms. The molecule has 0 bridgehead atoms. The standard InChI is InChI=1S/C16H26OS/c1-16(2,3)13-7-9-15(17)12(11-13)6-8-14-5-4-10-18-14/h4-5,10,12-13,15,17H,6-9,11H2,1-3H3. The average Bonchev–Trinajstić information content (AvgIpc) is 2.79. The van der Waals surface area contributed by atoms with E-state index >= 15 is 0 Å². The number of aliphatic hydroxyl groups is 1. The van der Waals surface area contributed by atoms with Crippen LogP contribution in [0.4, 0.5) is 0 Å². The SMILES string of the molecule is CC(C)(C)C1CCC(O)C(CCc2cccs2)C1. The summed E-state index contributed by atoms with van der Waals surface area (Å²) in [4.78, 5) is 1.46. The maximum Gasteiger partial charge on any atom is 0.0568 e. The lowest BCUT2D eigenvalue weighted by atomic mass is 9.67. The van der Waals surface area contributed by atoms with Crippen molar-refractivity contribution in [2.24, 2.45) is 17.3 Å². The third-order valence-corrected chi connectivity index (χ3v) is 5.44. The fraction of sp³-hybridized carbons (Fsp3) is 0.750. The Morgan fingerprint density at radius 2 is 2.11 bits per heavy atom. The van der Waals surface area contributed by atoms with Gasteiger partial charge in [-0.1, -0.05) is 26.8 Å². The molecule has 0 radical (unpaired) electrons. The van der Waals surface area contributed by atoms with E-state index in [2.05, 4.69) is 38.3 Å². The molecule has 2 rings (SSSR count). The zero-order valence-corrected chi connectivity index (χ0v) is 12.7. The number of hydrogen-bond donors (Lipinski definition) is 1. The largest absolute Gasteiger partial charge is 0.393 e. The van der Waals surface area contributed by atoms with Crippen LogP contribution in [0.25, 0.3) is 0 Å². The minimum absolute atomic E-state index is 0.0661. The lowest BCUT2D eigenvalue weighted by Gasteiger charge is -2.40. The van der Waals surface area contributed by atoms with Gasteiger partial charge in [0.25, 0.3) is 0 Å². The van der Waals surface area contributed by atoms with Crippen LogP contribution in [0.3, 0.4) is 0 Å². The molecule has 2 heteroatoms. The van der Waals surface area contributed by atoms with Gasteiger partial charge in [0, 0.05) is 4.88 Å². The van der Waals surface area contributed by atoms with Crippen LogP contribution in [0, 0.1) is 17.3 Å². The number of hydrogen-bond acceptors (Lipinski definition) is 2. The normalized spacial score (nSPS) is 29.4. The second-order valence-corrected chi connectivity index (χ2v) is 7.85. The molecule has 1 fully saturated rings. The quantitative estimate of drug-likeness (QED) is 0.854. The van der Waals surface area contributed by atoms with Crippen LogP contribution in [0.2, 0.25) is 0 Å². The lowest BCUT2D eigenvalue weighted by molar-refractivity contribution is 0.0161. The van der Waals surface area contributed by atoms with Gasteiger partial charge in [0.15, 0.2) is 0 Å². The maximum absolute atomic E-state index is 10.2. The van der Waals surface area contributed by atoms with Crippen molar-refractivity contribution < 1.29 is 5.11 Å². The van der Waals surface area contributed by atoms with Crippen LogP contribution in [0.5, 0.6) is 0 Å². The van der Waals surface area contributed by atoms with Crippen molar-refractivity contribution in [1.82, 2.24) is 0 Å². The van der Waals surface area contributed by atoms with E-state index in [1.54, 1.807) is 0 Å². The first-order chi connectivity index (χ1) is 8.47. The molecule has 1 aliphatic rings. The van der Waals surface area contributed by atoms with Gasteiger partial charge in [-0.2, -0.15) is 0 Å². The summed E-state index contributed by atoms with van der Waals surface area (Å²) in [7, 11) is 0. The van der Waals surface area contributed by atoms with E-state index < -0.39 is 0 Å². The summed E-state index contributed by atoms with van der Waals surface area (Å²) in [5.41, 5.74) is 0.390. The van der Waals surface area contributed by atoms with Crippen molar-refractivity contribution in [1.29, 1.82) is 0 Å². The van der Waals surface area contributed by atoms with Gasteiger partial charge in [-0.15, -0.1) is 11.3 Å². The van der Waals surface area contributed by atoms with Gasteiger partial charge >= 0.3 is 0 Å². The Bertz CT molecular complexity index is 350. The van der Waals surface area contributed by atoms with Crippen LogP contribution < -0.4 is 0 Å². The minimum atomic E-state index is -0.0661. The van der Waals surface area contributed by atoms with Gasteiger partial charge < -0.3 is 5.11 Å². The summed E-state index contributed by atoms with van der Waals surface area (Å²) >= 11 is 1.84. The van der Waals surface area contributed by atoms with Gasteiger partial charge in [0.1, 0.15) is 0 Å². The molecule has 0 aromatic carbocycles. The molecule has 1 aromatic rings. The summed E-state index contributed by atoms with van der Waals surface area (Å²) < 4.78 is 0. The van der Waals surface area contributed by atoms with Crippen molar-refractivity contribution in [2.75, 3.05) is 0 Å². The topological polar surface area (TPSA) is 20.2 Å². The molecule has 18 heavy (non-hydrogen) atoms. The Labute approximate surface area is 115 Å². The first-order valence-electron chi connectivity index (χ1n) is 7.17. The fourth-order valence-corrected chi connectivity index (χ4v) is 3.85. The molecule has 1 aromatic heterocycles.